The van der Waals surface area contributed by atoms with Gasteiger partial charge in [-0.2, -0.15) is 0 Å². The second kappa shape index (κ2) is 7.79. The van der Waals surface area contributed by atoms with Gasteiger partial charge in [-0.15, -0.1) is 0 Å². The van der Waals surface area contributed by atoms with Gasteiger partial charge in [-0.3, -0.25) is 19.3 Å². The van der Waals surface area contributed by atoms with Crippen LogP contribution in [-0.2, 0) is 14.3 Å². The maximum Gasteiger partial charge on any atom is 0.338 e. The van der Waals surface area contributed by atoms with Crippen LogP contribution < -0.4 is 4.90 Å². The third kappa shape index (κ3) is 3.23. The number of imide groups is 1. The molecule has 6 nitrogen and oxygen atoms in total. The first-order chi connectivity index (χ1) is 16.3. The summed E-state index contributed by atoms with van der Waals surface area (Å²) in [5, 5.41) is 0.577. The number of amides is 2. The van der Waals surface area contributed by atoms with Crippen LogP contribution in [0.4, 0.5) is 5.69 Å². The van der Waals surface area contributed by atoms with Crippen molar-refractivity contribution in [1.82, 2.24) is 0 Å². The van der Waals surface area contributed by atoms with Crippen molar-refractivity contribution in [3.05, 3.63) is 75.8 Å². The van der Waals surface area contributed by atoms with Crippen LogP contribution >= 0.6 is 23.2 Å². The van der Waals surface area contributed by atoms with Crippen LogP contribution in [0.25, 0.3) is 0 Å². The van der Waals surface area contributed by atoms with Crippen molar-refractivity contribution in [2.24, 2.45) is 35.5 Å². The molecule has 8 heteroatoms. The molecule has 1 saturated heterocycles. The lowest BCUT2D eigenvalue weighted by molar-refractivity contribution is -0.124. The van der Waals surface area contributed by atoms with Gasteiger partial charge in [-0.1, -0.05) is 35.4 Å². The number of ketones is 1. The summed E-state index contributed by atoms with van der Waals surface area (Å²) >= 11 is 11.9. The molecule has 2 amide bonds. The Morgan fingerprint density at radius 2 is 1.53 bits per heavy atom. The number of rotatable bonds is 5. The first-order valence-corrected chi connectivity index (χ1v) is 11.9. The average molecular weight is 496 g/mol. The average Bonchev–Trinajstić information content (AvgIpc) is 3.61. The number of ether oxygens (including phenoxy) is 1. The number of hydrogen-bond donors (Lipinski definition) is 0. The number of carbonyl (C=O) groups is 4. The quantitative estimate of drug-likeness (QED) is 0.262. The summed E-state index contributed by atoms with van der Waals surface area (Å²) in [5.74, 6) is -0.621. The van der Waals surface area contributed by atoms with E-state index in [9.17, 15) is 19.2 Å². The van der Waals surface area contributed by atoms with Crippen molar-refractivity contribution < 1.29 is 23.9 Å². The Bertz CT molecular complexity index is 1250. The van der Waals surface area contributed by atoms with Crippen molar-refractivity contribution in [3.8, 4) is 0 Å². The second-order valence-electron chi connectivity index (χ2n) is 9.34. The van der Waals surface area contributed by atoms with Gasteiger partial charge in [-0.05, 0) is 72.6 Å². The molecule has 4 aliphatic carbocycles. The van der Waals surface area contributed by atoms with Gasteiger partial charge in [0.2, 0.25) is 17.6 Å². The van der Waals surface area contributed by atoms with Crippen molar-refractivity contribution in [2.45, 2.75) is 6.42 Å². The summed E-state index contributed by atoms with van der Waals surface area (Å²) in [5.41, 5.74) is 0.860. The number of nitrogens with zero attached hydrogens (tertiary/aromatic N) is 1. The molecule has 0 aromatic heterocycles. The Hall–Kier alpha value is -2.96. The lowest BCUT2D eigenvalue weighted by Crippen LogP contribution is -2.40. The normalized spacial score (nSPS) is 30.2. The zero-order valence-corrected chi connectivity index (χ0v) is 19.3. The molecule has 7 rings (SSSR count). The first kappa shape index (κ1) is 21.6. The standard InChI is InChI=1S/C26H19Cl2NO5/c27-13-3-6-17(20(28)9-13)21(30)11-34-26(33)12-1-4-14(5-2-12)29-24(31)22-15-7-8-16(19-10-18(15)19)23(22)25(29)32/h1-9,15-16,18-19,22-23H,10-11H2/t15-,16-,18-,19-,22-,23-/m1/s1. The van der Waals surface area contributed by atoms with Gasteiger partial charge in [-0.25, -0.2) is 4.79 Å². The minimum Gasteiger partial charge on any atom is -0.454 e. The van der Waals surface area contributed by atoms with Gasteiger partial charge in [0.15, 0.2) is 6.61 Å². The molecule has 5 aliphatic rings. The molecule has 34 heavy (non-hydrogen) atoms. The largest absolute Gasteiger partial charge is 0.454 e. The Labute approximate surface area is 205 Å². The number of halogens is 2. The zero-order chi connectivity index (χ0) is 23.7. The summed E-state index contributed by atoms with van der Waals surface area (Å²) in [7, 11) is 0. The van der Waals surface area contributed by atoms with Crippen LogP contribution in [0.5, 0.6) is 0 Å². The van der Waals surface area contributed by atoms with Gasteiger partial charge in [0, 0.05) is 10.6 Å². The summed E-state index contributed by atoms with van der Waals surface area (Å²) < 4.78 is 5.13. The van der Waals surface area contributed by atoms with E-state index in [1.165, 1.54) is 35.2 Å². The van der Waals surface area contributed by atoms with Crippen LogP contribution in [0.15, 0.2) is 54.6 Å². The summed E-state index contributed by atoms with van der Waals surface area (Å²) in [4.78, 5) is 52.5. The zero-order valence-electron chi connectivity index (χ0n) is 17.8. The third-order valence-electron chi connectivity index (χ3n) is 7.59. The first-order valence-electron chi connectivity index (χ1n) is 11.2. The molecule has 0 N–H and O–H groups in total. The Morgan fingerprint density at radius 1 is 0.912 bits per heavy atom. The molecular weight excluding hydrogens is 477 g/mol. The number of anilines is 1. The molecule has 1 heterocycles. The molecule has 2 bridgehead atoms. The summed E-state index contributed by atoms with van der Waals surface area (Å²) in [6.07, 6.45) is 5.37. The lowest BCUT2D eigenvalue weighted by atomic mass is 9.63. The van der Waals surface area contributed by atoms with E-state index in [0.717, 1.165) is 6.42 Å². The van der Waals surface area contributed by atoms with Crippen molar-refractivity contribution in [1.29, 1.82) is 0 Å². The Kier molecular flexibility index (Phi) is 4.94. The van der Waals surface area contributed by atoms with E-state index in [0.29, 0.717) is 22.5 Å². The summed E-state index contributed by atoms with van der Waals surface area (Å²) in [6.45, 7) is -0.480. The van der Waals surface area contributed by atoms with Gasteiger partial charge in [0.1, 0.15) is 0 Å². The fourth-order valence-corrected chi connectivity index (χ4v) is 6.48. The van der Waals surface area contributed by atoms with E-state index in [1.54, 1.807) is 12.1 Å². The smallest absolute Gasteiger partial charge is 0.338 e. The minimum atomic E-state index is -0.694. The summed E-state index contributed by atoms with van der Waals surface area (Å²) in [6, 6.07) is 10.6. The molecular formula is C26H19Cl2NO5. The molecule has 172 valence electrons. The number of carbonyl (C=O) groups excluding carboxylic acids is 4. The van der Waals surface area contributed by atoms with Crippen LogP contribution in [-0.4, -0.2) is 30.2 Å². The lowest BCUT2D eigenvalue weighted by Gasteiger charge is -2.37. The van der Waals surface area contributed by atoms with Crippen LogP contribution in [0.3, 0.4) is 0 Å². The van der Waals surface area contributed by atoms with E-state index in [4.69, 9.17) is 27.9 Å². The Morgan fingerprint density at radius 3 is 2.12 bits per heavy atom. The van der Waals surface area contributed by atoms with Crippen molar-refractivity contribution in [3.63, 3.8) is 0 Å². The monoisotopic (exact) mass is 495 g/mol. The number of allylic oxidation sites excluding steroid dienone is 2. The topological polar surface area (TPSA) is 80.8 Å². The molecule has 0 spiro atoms. The number of benzene rings is 2. The highest BCUT2D eigenvalue weighted by molar-refractivity contribution is 6.36. The molecule has 0 unspecified atom stereocenters. The number of Topliss-reactive ketones (excluding diaryl/α,β-unsaturated/α-hetero) is 1. The highest BCUT2D eigenvalue weighted by atomic mass is 35.5. The second-order valence-corrected chi connectivity index (χ2v) is 10.2. The number of hydrogen-bond acceptors (Lipinski definition) is 5. The van der Waals surface area contributed by atoms with Gasteiger partial charge < -0.3 is 4.74 Å². The van der Waals surface area contributed by atoms with Crippen LogP contribution in [0.2, 0.25) is 10.0 Å². The SMILES string of the molecule is O=C(OCC(=O)c1ccc(Cl)cc1Cl)c1ccc(N2C(=O)[C@@H]3[C@@H]4C=C[C@H]([C@H]5C[C@H]45)[C@H]3C2=O)cc1. The van der Waals surface area contributed by atoms with Crippen LogP contribution in [0.1, 0.15) is 27.1 Å². The van der Waals surface area contributed by atoms with Crippen molar-refractivity contribution in [2.75, 3.05) is 11.5 Å². The highest BCUT2D eigenvalue weighted by Gasteiger charge is 2.67. The predicted octanol–water partition coefficient (Wildman–Crippen LogP) is 4.59. The fraction of sp³-hybridized carbons (Fsp3) is 0.308. The maximum atomic E-state index is 13.2. The van der Waals surface area contributed by atoms with Gasteiger partial charge >= 0.3 is 5.97 Å². The molecule has 2 aromatic rings. The molecule has 2 aromatic carbocycles. The van der Waals surface area contributed by atoms with Gasteiger partial charge in [0.25, 0.3) is 0 Å². The molecule has 2 saturated carbocycles. The van der Waals surface area contributed by atoms with E-state index in [-0.39, 0.29) is 51.6 Å². The fourth-order valence-electron chi connectivity index (χ4n) is 5.97. The van der Waals surface area contributed by atoms with E-state index in [2.05, 4.69) is 12.2 Å². The van der Waals surface area contributed by atoms with E-state index in [1.807, 2.05) is 0 Å². The highest BCUT2D eigenvalue weighted by Crippen LogP contribution is 2.65. The minimum absolute atomic E-state index is 0.152. The molecule has 0 radical (unpaired) electrons. The van der Waals surface area contributed by atoms with Crippen molar-refractivity contribution >= 4 is 52.5 Å². The maximum absolute atomic E-state index is 13.2. The van der Waals surface area contributed by atoms with Crippen LogP contribution in [0, 0.1) is 35.5 Å². The predicted molar refractivity (Wildman–Crippen MR) is 125 cm³/mol. The molecule has 3 fully saturated rings. The molecule has 1 aliphatic heterocycles. The Balaban J connectivity index is 1.14. The third-order valence-corrected chi connectivity index (χ3v) is 8.14. The van der Waals surface area contributed by atoms with E-state index < -0.39 is 18.4 Å². The number of esters is 1. The molecule has 6 atom stereocenters. The van der Waals surface area contributed by atoms with E-state index >= 15 is 0 Å². The van der Waals surface area contributed by atoms with Gasteiger partial charge in [0.05, 0.1) is 28.1 Å².